The van der Waals surface area contributed by atoms with Gasteiger partial charge in [-0.2, -0.15) is 5.26 Å². The van der Waals surface area contributed by atoms with Crippen LogP contribution in [0.25, 0.3) is 0 Å². The lowest BCUT2D eigenvalue weighted by molar-refractivity contribution is 0.101. The van der Waals surface area contributed by atoms with E-state index in [9.17, 15) is 4.79 Å². The number of rotatable bonds is 3. The number of hydrogen-bond donors (Lipinski definition) is 0. The molecule has 0 bridgehead atoms. The van der Waals surface area contributed by atoms with Gasteiger partial charge in [0.2, 0.25) is 0 Å². The van der Waals surface area contributed by atoms with E-state index in [2.05, 4.69) is 6.07 Å². The van der Waals surface area contributed by atoms with E-state index >= 15 is 0 Å². The van der Waals surface area contributed by atoms with Crippen molar-refractivity contribution in [3.63, 3.8) is 0 Å². The first-order valence-corrected chi connectivity index (χ1v) is 6.38. The van der Waals surface area contributed by atoms with Crippen LogP contribution in [0.4, 0.5) is 0 Å². The molecule has 0 saturated carbocycles. The van der Waals surface area contributed by atoms with Crippen LogP contribution in [0.3, 0.4) is 0 Å². The summed E-state index contributed by atoms with van der Waals surface area (Å²) in [5, 5.41) is 9.26. The number of benzene rings is 2. The van der Waals surface area contributed by atoms with Crippen LogP contribution in [0, 0.1) is 18.3 Å². The molecule has 100 valence electrons. The lowest BCUT2D eigenvalue weighted by Gasteiger charge is -2.11. The molecule has 0 aliphatic carbocycles. The Morgan fingerprint density at radius 2 is 1.95 bits per heavy atom. The summed E-state index contributed by atoms with van der Waals surface area (Å²) in [5.74, 6) is 0.970. The number of aryl methyl sites for hydroxylation is 1. The van der Waals surface area contributed by atoms with Gasteiger partial charge in [0.15, 0.2) is 5.78 Å². The fourth-order valence-corrected chi connectivity index (χ4v) is 1.92. The Morgan fingerprint density at radius 1 is 1.20 bits per heavy atom. The standard InChI is InChI=1S/C16H12ClNO2/c1-10-3-4-12(9-18)7-16(10)20-15-6-5-13(11(2)19)8-14(15)17/h3-8H,1-2H3. The van der Waals surface area contributed by atoms with Crippen molar-refractivity contribution >= 4 is 17.4 Å². The fourth-order valence-electron chi connectivity index (χ4n) is 1.70. The summed E-state index contributed by atoms with van der Waals surface area (Å²) in [6.07, 6.45) is 0. The molecule has 0 spiro atoms. The Balaban J connectivity index is 2.35. The van der Waals surface area contributed by atoms with Crippen molar-refractivity contribution in [1.29, 1.82) is 5.26 Å². The van der Waals surface area contributed by atoms with Crippen LogP contribution >= 0.6 is 11.6 Å². The molecule has 2 rings (SSSR count). The molecule has 0 aromatic heterocycles. The predicted molar refractivity (Wildman–Crippen MR) is 77.4 cm³/mol. The normalized spacial score (nSPS) is 9.90. The largest absolute Gasteiger partial charge is 0.455 e. The second kappa shape index (κ2) is 5.77. The maximum Gasteiger partial charge on any atom is 0.159 e. The van der Waals surface area contributed by atoms with Crippen LogP contribution in [-0.2, 0) is 0 Å². The molecular weight excluding hydrogens is 274 g/mol. The molecular formula is C16H12ClNO2. The number of nitrogens with zero attached hydrogens (tertiary/aromatic N) is 1. The highest BCUT2D eigenvalue weighted by atomic mass is 35.5. The van der Waals surface area contributed by atoms with Gasteiger partial charge >= 0.3 is 0 Å². The molecule has 0 aliphatic rings. The first-order chi connectivity index (χ1) is 9.51. The third-order valence-electron chi connectivity index (χ3n) is 2.88. The Morgan fingerprint density at radius 3 is 2.55 bits per heavy atom. The summed E-state index contributed by atoms with van der Waals surface area (Å²) in [6, 6.07) is 12.1. The molecule has 2 aromatic carbocycles. The van der Waals surface area contributed by atoms with Crippen LogP contribution < -0.4 is 4.74 Å². The van der Waals surface area contributed by atoms with Crippen molar-refractivity contribution in [1.82, 2.24) is 0 Å². The number of ketones is 1. The van der Waals surface area contributed by atoms with Gasteiger partial charge in [0.05, 0.1) is 16.7 Å². The molecule has 0 radical (unpaired) electrons. The van der Waals surface area contributed by atoms with Gasteiger partial charge in [-0.15, -0.1) is 0 Å². The second-order valence-corrected chi connectivity index (χ2v) is 4.80. The number of carbonyl (C=O) groups excluding carboxylic acids is 1. The van der Waals surface area contributed by atoms with E-state index in [4.69, 9.17) is 21.6 Å². The van der Waals surface area contributed by atoms with Crippen LogP contribution in [-0.4, -0.2) is 5.78 Å². The van der Waals surface area contributed by atoms with Crippen molar-refractivity contribution < 1.29 is 9.53 Å². The summed E-state index contributed by atoms with van der Waals surface area (Å²) in [7, 11) is 0. The zero-order valence-corrected chi connectivity index (χ0v) is 11.9. The number of hydrogen-bond acceptors (Lipinski definition) is 3. The highest BCUT2D eigenvalue weighted by Gasteiger charge is 2.09. The molecule has 20 heavy (non-hydrogen) atoms. The molecule has 0 unspecified atom stereocenters. The number of Topliss-reactive ketones (excluding diaryl/α,β-unsaturated/α-hetero) is 1. The SMILES string of the molecule is CC(=O)c1ccc(Oc2cc(C#N)ccc2C)c(Cl)c1. The lowest BCUT2D eigenvalue weighted by atomic mass is 10.1. The van der Waals surface area contributed by atoms with E-state index in [1.807, 2.05) is 13.0 Å². The summed E-state index contributed by atoms with van der Waals surface area (Å²) < 4.78 is 5.72. The lowest BCUT2D eigenvalue weighted by Crippen LogP contribution is -1.94. The third kappa shape index (κ3) is 2.98. The molecule has 0 heterocycles. The minimum absolute atomic E-state index is 0.0545. The van der Waals surface area contributed by atoms with Crippen LogP contribution in [0.1, 0.15) is 28.4 Å². The molecule has 0 aliphatic heterocycles. The smallest absolute Gasteiger partial charge is 0.159 e. The molecule has 2 aromatic rings. The van der Waals surface area contributed by atoms with Crippen LogP contribution in [0.15, 0.2) is 36.4 Å². The van der Waals surface area contributed by atoms with Crippen LogP contribution in [0.2, 0.25) is 5.02 Å². The highest BCUT2D eigenvalue weighted by molar-refractivity contribution is 6.32. The van der Waals surface area contributed by atoms with E-state index < -0.39 is 0 Å². The quantitative estimate of drug-likeness (QED) is 0.779. The summed E-state index contributed by atoms with van der Waals surface area (Å²) in [6.45, 7) is 3.36. The topological polar surface area (TPSA) is 50.1 Å². The zero-order valence-electron chi connectivity index (χ0n) is 11.1. The number of carbonyl (C=O) groups is 1. The number of halogens is 1. The molecule has 0 saturated heterocycles. The van der Waals surface area contributed by atoms with Gasteiger partial charge in [-0.25, -0.2) is 0 Å². The van der Waals surface area contributed by atoms with Crippen molar-refractivity contribution in [3.8, 4) is 17.6 Å². The summed E-state index contributed by atoms with van der Waals surface area (Å²) in [4.78, 5) is 11.3. The van der Waals surface area contributed by atoms with Gasteiger partial charge in [-0.05, 0) is 49.7 Å². The highest BCUT2D eigenvalue weighted by Crippen LogP contribution is 2.32. The number of ether oxygens (including phenoxy) is 1. The minimum atomic E-state index is -0.0545. The van der Waals surface area contributed by atoms with Gasteiger partial charge in [0.25, 0.3) is 0 Å². The Bertz CT molecular complexity index is 717. The van der Waals surface area contributed by atoms with Gasteiger partial charge in [0.1, 0.15) is 11.5 Å². The predicted octanol–water partition coefficient (Wildman–Crippen LogP) is 4.52. The monoisotopic (exact) mass is 285 g/mol. The van der Waals surface area contributed by atoms with Gasteiger partial charge in [-0.3, -0.25) is 4.79 Å². The zero-order chi connectivity index (χ0) is 14.7. The van der Waals surface area contributed by atoms with Gasteiger partial charge in [0, 0.05) is 5.56 Å². The van der Waals surface area contributed by atoms with Crippen molar-refractivity contribution in [3.05, 3.63) is 58.1 Å². The first kappa shape index (κ1) is 14.1. The maximum atomic E-state index is 11.3. The summed E-state index contributed by atoms with van der Waals surface area (Å²) in [5.41, 5.74) is 1.95. The average molecular weight is 286 g/mol. The Labute approximate surface area is 122 Å². The van der Waals surface area contributed by atoms with E-state index in [1.165, 1.54) is 6.92 Å². The Kier molecular flexibility index (Phi) is 4.07. The molecule has 4 heteroatoms. The summed E-state index contributed by atoms with van der Waals surface area (Å²) >= 11 is 6.11. The van der Waals surface area contributed by atoms with Gasteiger partial charge in [-0.1, -0.05) is 17.7 Å². The fraction of sp³-hybridized carbons (Fsp3) is 0.125. The maximum absolute atomic E-state index is 11.3. The molecule has 3 nitrogen and oxygen atoms in total. The van der Waals surface area contributed by atoms with Crippen molar-refractivity contribution in [2.45, 2.75) is 13.8 Å². The second-order valence-electron chi connectivity index (χ2n) is 4.40. The first-order valence-electron chi connectivity index (χ1n) is 6.00. The van der Waals surface area contributed by atoms with Crippen molar-refractivity contribution in [2.24, 2.45) is 0 Å². The molecule has 0 atom stereocenters. The molecule has 0 amide bonds. The molecule has 0 N–H and O–H groups in total. The van der Waals surface area contributed by atoms with Crippen molar-refractivity contribution in [2.75, 3.05) is 0 Å². The van der Waals surface area contributed by atoms with Gasteiger partial charge < -0.3 is 4.74 Å². The third-order valence-corrected chi connectivity index (χ3v) is 3.17. The number of nitriles is 1. The molecule has 0 fully saturated rings. The average Bonchev–Trinajstić information content (AvgIpc) is 2.43. The minimum Gasteiger partial charge on any atom is -0.455 e. The van der Waals surface area contributed by atoms with Crippen LogP contribution in [0.5, 0.6) is 11.5 Å². The van der Waals surface area contributed by atoms with E-state index in [-0.39, 0.29) is 5.78 Å². The van der Waals surface area contributed by atoms with E-state index in [0.29, 0.717) is 27.6 Å². The van der Waals surface area contributed by atoms with E-state index in [1.54, 1.807) is 30.3 Å². The van der Waals surface area contributed by atoms with E-state index in [0.717, 1.165) is 5.56 Å². The Hall–Kier alpha value is -2.31.